The molecule has 0 amide bonds. The molecule has 0 rings (SSSR count). The predicted octanol–water partition coefficient (Wildman–Crippen LogP) is -0.195. The first-order valence-corrected chi connectivity index (χ1v) is 0.836. The van der Waals surface area contributed by atoms with E-state index in [4.69, 9.17) is 5.26 Å². The minimum Gasteiger partial charge on any atom is -0.696 e. The Kier molecular flexibility index (Phi) is 24.7. The average Bonchev–Trinajstić information content (AvgIpc) is 0.918. The van der Waals surface area contributed by atoms with Gasteiger partial charge in [-0.15, -0.1) is 0 Å². The summed E-state index contributed by atoms with van der Waals surface area (Å²) in [6, 6.07) is 0. The van der Waals surface area contributed by atoms with Crippen LogP contribution >= 0.6 is 9.90 Å². The lowest BCUT2D eigenvalue weighted by molar-refractivity contribution is 1.57. The van der Waals surface area contributed by atoms with Gasteiger partial charge in [-0.3, -0.25) is 0 Å². The molecule has 0 aliphatic heterocycles. The van der Waals surface area contributed by atoms with E-state index >= 15 is 0 Å². The van der Waals surface area contributed by atoms with Crippen molar-refractivity contribution in [1.82, 2.24) is 0 Å². The zero-order valence-electron chi connectivity index (χ0n) is 2.36. The average molecular weight is 93.1 g/mol. The lowest BCUT2D eigenvalue weighted by Crippen LogP contribution is -1.15. The molecule has 0 bridgehead atoms. The SMILES string of the molecule is N#C[S-].[PH4+]. The van der Waals surface area contributed by atoms with Gasteiger partial charge in [0.1, 0.15) is 0 Å². The summed E-state index contributed by atoms with van der Waals surface area (Å²) in [6.45, 7) is 0. The summed E-state index contributed by atoms with van der Waals surface area (Å²) in [7, 11) is 0. The molecule has 0 saturated carbocycles. The van der Waals surface area contributed by atoms with Crippen LogP contribution in [-0.4, -0.2) is 0 Å². The Morgan fingerprint density at radius 1 is 1.75 bits per heavy atom. The highest BCUT2D eigenvalue weighted by atomic mass is 32.1. The van der Waals surface area contributed by atoms with Crippen LogP contribution in [0.25, 0.3) is 0 Å². The van der Waals surface area contributed by atoms with E-state index in [1.165, 1.54) is 5.40 Å². The van der Waals surface area contributed by atoms with Crippen LogP contribution < -0.4 is 0 Å². The Hall–Kier alpha value is 0.140. The maximum atomic E-state index is 7.13. The van der Waals surface area contributed by atoms with Crippen LogP contribution in [0, 0.1) is 10.7 Å². The predicted molar refractivity (Wildman–Crippen MR) is 25.5 cm³/mol. The fraction of sp³-hybridized carbons (Fsp3) is 0. The highest BCUT2D eigenvalue weighted by molar-refractivity contribution is 7.64. The molecule has 0 aliphatic rings. The normalized spacial score (nSPS) is 1.75. The van der Waals surface area contributed by atoms with Gasteiger partial charge in [-0.2, -0.15) is 0 Å². The molecule has 1 unspecified atom stereocenters. The van der Waals surface area contributed by atoms with Gasteiger partial charge in [-0.05, 0) is 9.90 Å². The van der Waals surface area contributed by atoms with E-state index < -0.39 is 0 Å². The second kappa shape index (κ2) is 11.1. The first-order chi connectivity index (χ1) is 1.41. The number of hydrogen-bond acceptors (Lipinski definition) is 2. The second-order valence-electron chi connectivity index (χ2n) is 0.0913. The molecule has 24 valence electrons. The molecule has 0 saturated heterocycles. The van der Waals surface area contributed by atoms with Gasteiger partial charge in [-0.25, -0.2) is 5.26 Å². The molecular weight excluding hydrogens is 89.1 g/mol. The van der Waals surface area contributed by atoms with Crippen molar-refractivity contribution in [3.8, 4) is 5.40 Å². The molecule has 1 nitrogen and oxygen atoms in total. The monoisotopic (exact) mass is 93.0 g/mol. The summed E-state index contributed by atoms with van der Waals surface area (Å²) in [4.78, 5) is 0. The van der Waals surface area contributed by atoms with Gasteiger partial charge in [0.05, 0.1) is 0 Å². The summed E-state index contributed by atoms with van der Waals surface area (Å²) >= 11 is 3.70. The molecular formula is CH4NPS. The lowest BCUT2D eigenvalue weighted by atomic mass is 11.8. The maximum absolute atomic E-state index is 7.13. The van der Waals surface area contributed by atoms with E-state index in [1.807, 2.05) is 0 Å². The van der Waals surface area contributed by atoms with Gasteiger partial charge in [0, 0.05) is 0 Å². The molecule has 0 aromatic carbocycles. The van der Waals surface area contributed by atoms with Crippen molar-refractivity contribution in [3.05, 3.63) is 0 Å². The molecule has 3 heteroatoms. The van der Waals surface area contributed by atoms with E-state index in [0.717, 1.165) is 0 Å². The third-order valence-electron chi connectivity index (χ3n) is 0. The van der Waals surface area contributed by atoms with Gasteiger partial charge in [0.15, 0.2) is 0 Å². The van der Waals surface area contributed by atoms with Crippen molar-refractivity contribution in [2.45, 2.75) is 0 Å². The van der Waals surface area contributed by atoms with Crippen LogP contribution in [0.2, 0.25) is 0 Å². The zero-order valence-corrected chi connectivity index (χ0v) is 5.17. The number of hydrogen-bond donors (Lipinski definition) is 0. The van der Waals surface area contributed by atoms with E-state index in [1.54, 1.807) is 0 Å². The van der Waals surface area contributed by atoms with Crippen LogP contribution in [0.1, 0.15) is 0 Å². The molecule has 0 N–H and O–H groups in total. The third kappa shape index (κ3) is 142. The summed E-state index contributed by atoms with van der Waals surface area (Å²) in [6.07, 6.45) is 0. The summed E-state index contributed by atoms with van der Waals surface area (Å²) in [5, 5.41) is 8.47. The quantitative estimate of drug-likeness (QED) is 0.235. The molecule has 1 atom stereocenters. The number of thiocyanates is 1. The third-order valence-corrected chi connectivity index (χ3v) is 0. The topological polar surface area (TPSA) is 23.8 Å². The van der Waals surface area contributed by atoms with Crippen molar-refractivity contribution in [3.63, 3.8) is 0 Å². The Morgan fingerprint density at radius 3 is 1.75 bits per heavy atom. The molecule has 0 radical (unpaired) electrons. The molecule has 0 spiro atoms. The highest BCUT2D eigenvalue weighted by Crippen LogP contribution is 1.16. The smallest absolute Gasteiger partial charge is 0.0395 e. The van der Waals surface area contributed by atoms with Crippen LogP contribution in [0.15, 0.2) is 0 Å². The fourth-order valence-electron chi connectivity index (χ4n) is 0. The molecule has 0 aliphatic carbocycles. The van der Waals surface area contributed by atoms with E-state index in [0.29, 0.717) is 0 Å². The van der Waals surface area contributed by atoms with Crippen molar-refractivity contribution in [2.24, 2.45) is 0 Å². The van der Waals surface area contributed by atoms with Crippen molar-refractivity contribution >= 4 is 22.5 Å². The maximum Gasteiger partial charge on any atom is -0.0395 e. The van der Waals surface area contributed by atoms with E-state index in [2.05, 4.69) is 12.6 Å². The van der Waals surface area contributed by atoms with Crippen molar-refractivity contribution in [2.75, 3.05) is 0 Å². The first-order valence-electron chi connectivity index (χ1n) is 0.428. The summed E-state index contributed by atoms with van der Waals surface area (Å²) < 4.78 is 0. The Labute approximate surface area is 34.0 Å². The van der Waals surface area contributed by atoms with E-state index in [-0.39, 0.29) is 9.90 Å². The molecule has 0 aromatic rings. The number of nitrogens with zero attached hydrogens (tertiary/aromatic N) is 1. The van der Waals surface area contributed by atoms with Crippen molar-refractivity contribution in [1.29, 1.82) is 5.26 Å². The van der Waals surface area contributed by atoms with Gasteiger partial charge in [0.25, 0.3) is 0 Å². The summed E-state index contributed by atoms with van der Waals surface area (Å²) in [5.41, 5.74) is 0. The molecule has 0 fully saturated rings. The summed E-state index contributed by atoms with van der Waals surface area (Å²) in [5.74, 6) is 0. The van der Waals surface area contributed by atoms with Gasteiger partial charge < -0.3 is 12.6 Å². The first kappa shape index (κ1) is 8.91. The number of nitriles is 1. The largest absolute Gasteiger partial charge is 0.696 e. The van der Waals surface area contributed by atoms with Gasteiger partial charge in [-0.1, -0.05) is 5.40 Å². The van der Waals surface area contributed by atoms with Crippen LogP contribution in [0.5, 0.6) is 0 Å². The Morgan fingerprint density at radius 2 is 1.75 bits per heavy atom. The van der Waals surface area contributed by atoms with Gasteiger partial charge >= 0.3 is 0 Å². The Bertz CT molecular complexity index is 29.5. The van der Waals surface area contributed by atoms with Crippen LogP contribution in [0.3, 0.4) is 0 Å². The molecule has 0 heterocycles. The molecule has 4 heavy (non-hydrogen) atoms. The van der Waals surface area contributed by atoms with E-state index in [9.17, 15) is 0 Å². The Balaban J connectivity index is 0. The highest BCUT2D eigenvalue weighted by Gasteiger charge is 0.867. The van der Waals surface area contributed by atoms with Crippen LogP contribution in [0.4, 0.5) is 0 Å². The fourth-order valence-corrected chi connectivity index (χ4v) is 0. The number of rotatable bonds is 0. The lowest BCUT2D eigenvalue weighted by Gasteiger charge is -1.53. The second-order valence-corrected chi connectivity index (χ2v) is 0.274. The minimum absolute atomic E-state index is 0. The van der Waals surface area contributed by atoms with Gasteiger partial charge in [0.2, 0.25) is 0 Å². The zero-order chi connectivity index (χ0) is 2.71. The van der Waals surface area contributed by atoms with Crippen LogP contribution in [-0.2, 0) is 12.6 Å². The van der Waals surface area contributed by atoms with Crippen molar-refractivity contribution < 1.29 is 0 Å². The standard InChI is InChI=1S/CHNS.H3P/c2-1-3;/h3H;1H3. The molecule has 0 aromatic heterocycles. The minimum atomic E-state index is 0.